The summed E-state index contributed by atoms with van der Waals surface area (Å²) < 4.78 is 0. The summed E-state index contributed by atoms with van der Waals surface area (Å²) >= 11 is 0. The molecule has 8 heteroatoms. The second-order valence-corrected chi connectivity index (χ2v) is 13.3. The Labute approximate surface area is 272 Å². The molecule has 2 aliphatic carbocycles. The van der Waals surface area contributed by atoms with Crippen LogP contribution in [0.25, 0.3) is 0 Å². The van der Waals surface area contributed by atoms with Crippen molar-refractivity contribution in [1.29, 1.82) is 0 Å². The number of rotatable bonds is 14. The number of aryl methyl sites for hydroxylation is 2. The van der Waals surface area contributed by atoms with E-state index in [1.807, 2.05) is 13.8 Å². The molecule has 2 aliphatic rings. The van der Waals surface area contributed by atoms with E-state index in [1.165, 1.54) is 11.1 Å². The van der Waals surface area contributed by atoms with E-state index in [2.05, 4.69) is 39.2 Å². The summed E-state index contributed by atoms with van der Waals surface area (Å²) in [6.07, 6.45) is 9.99. The van der Waals surface area contributed by atoms with E-state index < -0.39 is 0 Å². The number of benzene rings is 2. The van der Waals surface area contributed by atoms with Crippen LogP contribution in [0.3, 0.4) is 0 Å². The van der Waals surface area contributed by atoms with Gasteiger partial charge in [-0.25, -0.2) is 0 Å². The summed E-state index contributed by atoms with van der Waals surface area (Å²) in [6, 6.07) is 6.67. The maximum atomic E-state index is 12.0. The summed E-state index contributed by atoms with van der Waals surface area (Å²) in [7, 11) is 0. The van der Waals surface area contributed by atoms with Crippen molar-refractivity contribution in [3.8, 4) is 23.0 Å². The first-order chi connectivity index (χ1) is 21.8. The zero-order valence-electron chi connectivity index (χ0n) is 27.7. The number of hydrogen-bond acceptors (Lipinski definition) is 7. The molecule has 4 rings (SSSR count). The van der Waals surface area contributed by atoms with E-state index in [-0.39, 0.29) is 65.0 Å². The Hall–Kier alpha value is -4.20. The minimum atomic E-state index is -0.122. The Morgan fingerprint density at radius 2 is 1.07 bits per heavy atom. The summed E-state index contributed by atoms with van der Waals surface area (Å²) in [5, 5.41) is 43.5. The highest BCUT2D eigenvalue weighted by atomic mass is 17.0. The van der Waals surface area contributed by atoms with Crippen LogP contribution in [0.1, 0.15) is 100 Å². The Balaban J connectivity index is 1.22. The van der Waals surface area contributed by atoms with Gasteiger partial charge in [-0.1, -0.05) is 47.6 Å². The monoisotopic (exact) mass is 632 g/mol. The molecule has 0 bridgehead atoms. The van der Waals surface area contributed by atoms with Gasteiger partial charge in [-0.3, -0.25) is 0 Å². The molecule has 2 aromatic rings. The van der Waals surface area contributed by atoms with Gasteiger partial charge in [0.1, 0.15) is 27.9 Å². The van der Waals surface area contributed by atoms with Gasteiger partial charge in [-0.15, -0.1) is 0 Å². The van der Waals surface area contributed by atoms with E-state index in [0.717, 1.165) is 48.0 Å². The minimum Gasteiger partial charge on any atom is -0.507 e. The first kappa shape index (κ1) is 34.7. The quantitative estimate of drug-likeness (QED) is 0.0934. The summed E-state index contributed by atoms with van der Waals surface area (Å²) in [6.45, 7) is 16.5. The molecule has 0 saturated carbocycles. The van der Waals surface area contributed by atoms with E-state index >= 15 is 0 Å². The summed E-state index contributed by atoms with van der Waals surface area (Å²) in [5.74, 6) is 0.295. The van der Waals surface area contributed by atoms with Crippen LogP contribution in [0.4, 0.5) is 0 Å². The van der Waals surface area contributed by atoms with Crippen LogP contribution in [0.15, 0.2) is 71.9 Å². The average molecular weight is 633 g/mol. The number of phenols is 4. The molecule has 2 aromatic carbocycles. The molecule has 248 valence electrons. The predicted octanol–water partition coefficient (Wildman–Crippen LogP) is 8.75. The Morgan fingerprint density at radius 1 is 0.717 bits per heavy atom. The van der Waals surface area contributed by atoms with Crippen molar-refractivity contribution >= 4 is 0 Å². The van der Waals surface area contributed by atoms with Gasteiger partial charge in [-0.2, -0.15) is 9.68 Å². The van der Waals surface area contributed by atoms with E-state index in [1.54, 1.807) is 24.3 Å². The van der Waals surface area contributed by atoms with Crippen molar-refractivity contribution < 1.29 is 35.2 Å². The number of nitrogens with zero attached hydrogens (tertiary/aromatic N) is 1. The molecule has 0 saturated heterocycles. The van der Waals surface area contributed by atoms with E-state index in [9.17, 15) is 25.3 Å². The highest BCUT2D eigenvalue weighted by Gasteiger charge is 2.31. The standard InChI is InChI=1S/C38H49NO7/c1-23(2)29-13-11-25(5)17-31(29)37-33(40)19-27(20-34(37)41)9-7-15-45-39(44)46-16-8-10-28-21-35(42)38(36(43)22-28)32-18-26(6)12-14-30(32)24(3)4/h17-22,29-32H,1,3,7-16H2,2,4-6H3,(H3-,40,41,42,43)/p+1/t29-,30-,31?,32?/m0/s1. The van der Waals surface area contributed by atoms with Crippen molar-refractivity contribution in [2.45, 2.75) is 90.9 Å². The molecular weight excluding hydrogens is 582 g/mol. The van der Waals surface area contributed by atoms with Gasteiger partial charge in [0, 0.05) is 23.0 Å². The highest BCUT2D eigenvalue weighted by molar-refractivity contribution is 5.53. The Morgan fingerprint density at radius 3 is 1.39 bits per heavy atom. The average Bonchev–Trinajstić information content (AvgIpc) is 2.97. The van der Waals surface area contributed by atoms with Crippen molar-refractivity contribution in [1.82, 2.24) is 0 Å². The maximum Gasteiger partial charge on any atom is 0.477 e. The summed E-state index contributed by atoms with van der Waals surface area (Å²) in [4.78, 5) is 22.3. The molecule has 0 spiro atoms. The lowest BCUT2D eigenvalue weighted by molar-refractivity contribution is -0.981. The lowest BCUT2D eigenvalue weighted by atomic mass is 9.73. The van der Waals surface area contributed by atoms with Crippen LogP contribution < -0.4 is 0 Å². The number of aromatic hydroxyl groups is 4. The molecule has 46 heavy (non-hydrogen) atoms. The topological polar surface area (TPSA) is 119 Å². The van der Waals surface area contributed by atoms with Gasteiger partial charge in [0.25, 0.3) is 0 Å². The zero-order chi connectivity index (χ0) is 33.5. The Kier molecular flexibility index (Phi) is 11.6. The highest BCUT2D eigenvalue weighted by Crippen LogP contribution is 2.48. The third-order valence-corrected chi connectivity index (χ3v) is 9.43. The van der Waals surface area contributed by atoms with Crippen LogP contribution >= 0.6 is 0 Å². The fourth-order valence-electron chi connectivity index (χ4n) is 7.01. The molecule has 0 heterocycles. The fraction of sp³-hybridized carbons (Fsp3) is 0.474. The van der Waals surface area contributed by atoms with Crippen LogP contribution in [-0.2, 0) is 22.5 Å². The molecule has 4 atom stereocenters. The molecular formula is C38H50NO7+. The van der Waals surface area contributed by atoms with E-state index in [4.69, 9.17) is 9.68 Å². The van der Waals surface area contributed by atoms with Crippen LogP contribution in [0.2, 0.25) is 0 Å². The third-order valence-electron chi connectivity index (χ3n) is 9.43. The molecule has 0 aliphatic heterocycles. The number of phenolic OH excluding ortho intramolecular Hbond substituents is 4. The first-order valence-corrected chi connectivity index (χ1v) is 16.3. The molecule has 8 nitrogen and oxygen atoms in total. The van der Waals surface area contributed by atoms with Gasteiger partial charge < -0.3 is 20.4 Å². The van der Waals surface area contributed by atoms with Crippen LogP contribution in [0, 0.1) is 16.7 Å². The minimum absolute atomic E-state index is 0.0557. The normalized spacial score (nSPS) is 21.2. The van der Waals surface area contributed by atoms with Crippen molar-refractivity contribution in [2.75, 3.05) is 13.2 Å². The fourth-order valence-corrected chi connectivity index (χ4v) is 7.01. The largest absolute Gasteiger partial charge is 0.507 e. The molecule has 2 unspecified atom stereocenters. The van der Waals surface area contributed by atoms with Gasteiger partial charge >= 0.3 is 5.09 Å². The lowest BCUT2D eigenvalue weighted by Gasteiger charge is -2.31. The van der Waals surface area contributed by atoms with Crippen molar-refractivity contribution in [3.63, 3.8) is 0 Å². The smallest absolute Gasteiger partial charge is 0.477 e. The molecule has 0 amide bonds. The van der Waals surface area contributed by atoms with Crippen molar-refractivity contribution in [3.05, 3.63) is 99.0 Å². The maximum absolute atomic E-state index is 12.0. The van der Waals surface area contributed by atoms with Crippen LogP contribution in [0.5, 0.6) is 23.0 Å². The Bertz CT molecular complexity index is 1360. The molecule has 4 N–H and O–H groups in total. The van der Waals surface area contributed by atoms with Gasteiger partial charge in [0.05, 0.1) is 0 Å². The second-order valence-electron chi connectivity index (χ2n) is 13.3. The number of allylic oxidation sites excluding steroid dienone is 6. The van der Waals surface area contributed by atoms with E-state index in [0.29, 0.717) is 36.8 Å². The van der Waals surface area contributed by atoms with Gasteiger partial charge in [0.15, 0.2) is 13.2 Å². The van der Waals surface area contributed by atoms with Gasteiger partial charge in [-0.05, 0) is 126 Å². The van der Waals surface area contributed by atoms with Crippen LogP contribution in [-0.4, -0.2) is 38.7 Å². The SMILES string of the molecule is C=C(C)[C@@H]1CCC(C)=CC1c1c(O)cc(CCCO[N+](=O)OCCCc2cc(O)c(C3C=C(C)CC[C@H]3C(=C)C)c(O)c2)cc1O. The number of hydrogen-bond donors (Lipinski definition) is 4. The predicted molar refractivity (Wildman–Crippen MR) is 180 cm³/mol. The molecule has 0 radical (unpaired) electrons. The molecule has 0 fully saturated rings. The van der Waals surface area contributed by atoms with Gasteiger partial charge in [0.2, 0.25) is 0 Å². The zero-order valence-corrected chi connectivity index (χ0v) is 27.7. The van der Waals surface area contributed by atoms with Crippen molar-refractivity contribution in [2.24, 2.45) is 11.8 Å². The lowest BCUT2D eigenvalue weighted by Crippen LogP contribution is -2.17. The second kappa shape index (κ2) is 15.4. The molecule has 0 aromatic heterocycles. The third kappa shape index (κ3) is 8.53. The summed E-state index contributed by atoms with van der Waals surface area (Å²) in [5.41, 5.74) is 7.08. The first-order valence-electron chi connectivity index (χ1n) is 16.3.